The predicted molar refractivity (Wildman–Crippen MR) is 142 cm³/mol. The van der Waals surface area contributed by atoms with Gasteiger partial charge in [-0.05, 0) is 68.0 Å². The van der Waals surface area contributed by atoms with Crippen LogP contribution < -0.4 is 5.32 Å². The fourth-order valence-electron chi connectivity index (χ4n) is 4.21. The highest BCUT2D eigenvalue weighted by Crippen LogP contribution is 2.22. The van der Waals surface area contributed by atoms with Crippen LogP contribution in [0.5, 0.6) is 0 Å². The molecule has 1 heterocycles. The summed E-state index contributed by atoms with van der Waals surface area (Å²) in [5, 5.41) is 3.52. The standard InChI is InChI=1S/C27H36ClN3O4S/c1-3-4-17-29-27(33)21(2)31(20-23-7-12-24(28)13-8-23)26(32)16-11-22-9-14-25(15-10-22)36(34,35)30-18-5-6-19-30/h7-10,12-15,21H,3-6,11,16-20H2,1-2H3,(H,29,33)/t21-/m1/s1. The van der Waals surface area contributed by atoms with E-state index in [2.05, 4.69) is 12.2 Å². The smallest absolute Gasteiger partial charge is 0.243 e. The Morgan fingerprint density at radius 3 is 2.25 bits per heavy atom. The molecule has 3 rings (SSSR count). The van der Waals surface area contributed by atoms with Crippen LogP contribution in [-0.2, 0) is 32.6 Å². The highest BCUT2D eigenvalue weighted by atomic mass is 35.5. The minimum atomic E-state index is -3.46. The van der Waals surface area contributed by atoms with Gasteiger partial charge in [0.25, 0.3) is 0 Å². The number of rotatable bonds is 12. The minimum Gasteiger partial charge on any atom is -0.354 e. The Labute approximate surface area is 219 Å². The molecule has 0 bridgehead atoms. The third-order valence-corrected chi connectivity index (χ3v) is 8.68. The number of hydrogen-bond donors (Lipinski definition) is 1. The van der Waals surface area contributed by atoms with Crippen molar-refractivity contribution in [1.82, 2.24) is 14.5 Å². The first kappa shape index (κ1) is 28.2. The highest BCUT2D eigenvalue weighted by Gasteiger charge is 2.28. The number of benzene rings is 2. The van der Waals surface area contributed by atoms with Crippen LogP contribution in [0.4, 0.5) is 0 Å². The fourth-order valence-corrected chi connectivity index (χ4v) is 5.85. The van der Waals surface area contributed by atoms with Gasteiger partial charge in [0.1, 0.15) is 6.04 Å². The molecule has 2 aromatic rings. The first-order valence-electron chi connectivity index (χ1n) is 12.6. The van der Waals surface area contributed by atoms with Gasteiger partial charge in [0, 0.05) is 37.6 Å². The average molecular weight is 534 g/mol. The van der Waals surface area contributed by atoms with Gasteiger partial charge < -0.3 is 10.2 Å². The van der Waals surface area contributed by atoms with Crippen LogP contribution in [0.3, 0.4) is 0 Å². The molecular weight excluding hydrogens is 498 g/mol. The summed E-state index contributed by atoms with van der Waals surface area (Å²) in [6.45, 7) is 5.80. The second kappa shape index (κ2) is 13.2. The number of sulfonamides is 1. The van der Waals surface area contributed by atoms with Gasteiger partial charge in [0.05, 0.1) is 4.90 Å². The molecule has 1 aliphatic heterocycles. The van der Waals surface area contributed by atoms with Crippen molar-refractivity contribution in [2.24, 2.45) is 0 Å². The zero-order valence-electron chi connectivity index (χ0n) is 21.1. The lowest BCUT2D eigenvalue weighted by atomic mass is 10.1. The van der Waals surface area contributed by atoms with E-state index in [0.29, 0.717) is 37.6 Å². The molecule has 0 aromatic heterocycles. The highest BCUT2D eigenvalue weighted by molar-refractivity contribution is 7.89. The Hall–Kier alpha value is -2.42. The summed E-state index contributed by atoms with van der Waals surface area (Å²) in [6.07, 6.45) is 4.29. The van der Waals surface area contributed by atoms with Crippen molar-refractivity contribution in [2.75, 3.05) is 19.6 Å². The van der Waals surface area contributed by atoms with Crippen molar-refractivity contribution in [3.63, 3.8) is 0 Å². The molecule has 1 N–H and O–H groups in total. The first-order chi connectivity index (χ1) is 17.2. The topological polar surface area (TPSA) is 86.8 Å². The maximum atomic E-state index is 13.3. The van der Waals surface area contributed by atoms with Gasteiger partial charge in [-0.25, -0.2) is 8.42 Å². The number of hydrogen-bond acceptors (Lipinski definition) is 4. The van der Waals surface area contributed by atoms with E-state index < -0.39 is 16.1 Å². The van der Waals surface area contributed by atoms with Crippen LogP contribution >= 0.6 is 11.6 Å². The lowest BCUT2D eigenvalue weighted by Crippen LogP contribution is -2.47. The molecule has 2 aromatic carbocycles. The summed E-state index contributed by atoms with van der Waals surface area (Å²) in [5.74, 6) is -0.320. The molecule has 0 saturated carbocycles. The van der Waals surface area contributed by atoms with Crippen LogP contribution in [0.2, 0.25) is 5.02 Å². The summed E-state index contributed by atoms with van der Waals surface area (Å²) in [4.78, 5) is 27.9. The van der Waals surface area contributed by atoms with Gasteiger partial charge in [-0.15, -0.1) is 0 Å². The van der Waals surface area contributed by atoms with E-state index in [1.165, 1.54) is 4.31 Å². The molecule has 9 heteroatoms. The van der Waals surface area contributed by atoms with E-state index in [4.69, 9.17) is 11.6 Å². The Kier molecular flexibility index (Phi) is 10.3. The summed E-state index contributed by atoms with van der Waals surface area (Å²) in [6, 6.07) is 13.4. The average Bonchev–Trinajstić information content (AvgIpc) is 3.43. The van der Waals surface area contributed by atoms with Gasteiger partial charge in [-0.2, -0.15) is 4.31 Å². The largest absolute Gasteiger partial charge is 0.354 e. The second-order valence-electron chi connectivity index (χ2n) is 9.22. The molecule has 0 aliphatic carbocycles. The summed E-state index contributed by atoms with van der Waals surface area (Å²) in [7, 11) is -3.46. The van der Waals surface area contributed by atoms with Crippen molar-refractivity contribution >= 4 is 33.4 Å². The molecule has 0 unspecified atom stereocenters. The van der Waals surface area contributed by atoms with Crippen molar-refractivity contribution in [3.8, 4) is 0 Å². The number of nitrogens with zero attached hydrogens (tertiary/aromatic N) is 2. The molecule has 0 spiro atoms. The van der Waals surface area contributed by atoms with E-state index in [1.807, 2.05) is 12.1 Å². The molecule has 36 heavy (non-hydrogen) atoms. The number of amides is 2. The SMILES string of the molecule is CCCCNC(=O)[C@@H](C)N(Cc1ccc(Cl)cc1)C(=O)CCc1ccc(S(=O)(=O)N2CCCC2)cc1. The van der Waals surface area contributed by atoms with Gasteiger partial charge in [0.15, 0.2) is 0 Å². The lowest BCUT2D eigenvalue weighted by Gasteiger charge is -2.29. The monoisotopic (exact) mass is 533 g/mol. The number of carbonyl (C=O) groups is 2. The molecule has 7 nitrogen and oxygen atoms in total. The fraction of sp³-hybridized carbons (Fsp3) is 0.481. The molecule has 196 valence electrons. The van der Waals surface area contributed by atoms with Gasteiger partial charge in [0.2, 0.25) is 21.8 Å². The first-order valence-corrected chi connectivity index (χ1v) is 14.4. The van der Waals surface area contributed by atoms with Gasteiger partial charge in [-0.1, -0.05) is 49.2 Å². The maximum Gasteiger partial charge on any atom is 0.243 e. The van der Waals surface area contributed by atoms with Crippen LogP contribution in [0, 0.1) is 0 Å². The van der Waals surface area contributed by atoms with Crippen LogP contribution in [0.1, 0.15) is 57.1 Å². The maximum absolute atomic E-state index is 13.3. The number of halogens is 1. The Morgan fingerprint density at radius 1 is 1.03 bits per heavy atom. The van der Waals surface area contributed by atoms with E-state index in [-0.39, 0.29) is 23.1 Å². The predicted octanol–water partition coefficient (Wildman–Crippen LogP) is 4.39. The second-order valence-corrected chi connectivity index (χ2v) is 11.6. The van der Waals surface area contributed by atoms with Crippen LogP contribution in [0.25, 0.3) is 0 Å². The van der Waals surface area contributed by atoms with E-state index in [9.17, 15) is 18.0 Å². The molecule has 1 atom stereocenters. The van der Waals surface area contributed by atoms with E-state index in [1.54, 1.807) is 48.2 Å². The number of carbonyl (C=O) groups excluding carboxylic acids is 2. The third-order valence-electron chi connectivity index (χ3n) is 6.52. The third kappa shape index (κ3) is 7.54. The van der Waals surface area contributed by atoms with Crippen LogP contribution in [0.15, 0.2) is 53.4 Å². The molecule has 2 amide bonds. The minimum absolute atomic E-state index is 0.142. The summed E-state index contributed by atoms with van der Waals surface area (Å²) < 4.78 is 27.0. The Balaban J connectivity index is 1.67. The summed E-state index contributed by atoms with van der Waals surface area (Å²) in [5.41, 5.74) is 1.76. The number of aryl methyl sites for hydroxylation is 1. The van der Waals surface area contributed by atoms with Crippen molar-refractivity contribution in [1.29, 1.82) is 0 Å². The van der Waals surface area contributed by atoms with Crippen molar-refractivity contribution in [2.45, 2.75) is 69.9 Å². The van der Waals surface area contributed by atoms with Gasteiger partial charge in [-0.3, -0.25) is 9.59 Å². The van der Waals surface area contributed by atoms with Crippen molar-refractivity contribution < 1.29 is 18.0 Å². The van der Waals surface area contributed by atoms with Crippen LogP contribution in [-0.4, -0.2) is 55.1 Å². The summed E-state index contributed by atoms with van der Waals surface area (Å²) >= 11 is 6.00. The molecule has 1 aliphatic rings. The Bertz CT molecular complexity index is 1110. The van der Waals surface area contributed by atoms with Crippen molar-refractivity contribution in [3.05, 3.63) is 64.7 Å². The molecular formula is C27H36ClN3O4S. The molecule has 0 radical (unpaired) electrons. The number of unbranched alkanes of at least 4 members (excludes halogenated alkanes) is 1. The number of nitrogens with one attached hydrogen (secondary N) is 1. The zero-order valence-corrected chi connectivity index (χ0v) is 22.7. The van der Waals surface area contributed by atoms with E-state index in [0.717, 1.165) is 36.8 Å². The normalized spacial score (nSPS) is 15.0. The lowest BCUT2D eigenvalue weighted by molar-refractivity contribution is -0.140. The quantitative estimate of drug-likeness (QED) is 0.410. The Morgan fingerprint density at radius 2 is 1.64 bits per heavy atom. The van der Waals surface area contributed by atoms with E-state index >= 15 is 0 Å². The molecule has 1 fully saturated rings. The molecule has 1 saturated heterocycles. The van der Waals surface area contributed by atoms with Gasteiger partial charge >= 0.3 is 0 Å². The zero-order chi connectivity index (χ0) is 26.1.